The van der Waals surface area contributed by atoms with Crippen LogP contribution in [0.4, 0.5) is 11.8 Å². The normalized spacial score (nSPS) is 17.2. The van der Waals surface area contributed by atoms with E-state index in [9.17, 15) is 0 Å². The number of benzene rings is 3. The van der Waals surface area contributed by atoms with E-state index in [1.807, 2.05) is 60.9 Å². The summed E-state index contributed by atoms with van der Waals surface area (Å²) in [5, 5.41) is 3.43. The molecule has 1 N–H and O–H groups in total. The first-order valence-corrected chi connectivity index (χ1v) is 19.9. The van der Waals surface area contributed by atoms with Crippen LogP contribution in [0, 0.1) is 0 Å². The van der Waals surface area contributed by atoms with Crippen molar-refractivity contribution >= 4 is 33.6 Å². The van der Waals surface area contributed by atoms with Crippen LogP contribution in [0.25, 0.3) is 11.3 Å². The summed E-state index contributed by atoms with van der Waals surface area (Å²) in [6.45, 7) is 5.51. The molecule has 5 aromatic rings. The minimum absolute atomic E-state index is 0.0306. The summed E-state index contributed by atoms with van der Waals surface area (Å²) in [7, 11) is 5.48. The number of amides is 1. The maximum absolute atomic E-state index is 15.5. The van der Waals surface area contributed by atoms with Crippen LogP contribution in [0.2, 0.25) is 0 Å². The van der Waals surface area contributed by atoms with Crippen LogP contribution in [0.15, 0.2) is 89.7 Å². The van der Waals surface area contributed by atoms with Crippen molar-refractivity contribution < 1.29 is 19.0 Å². The van der Waals surface area contributed by atoms with Crippen molar-refractivity contribution in [2.24, 2.45) is 0 Å². The predicted octanol–water partition coefficient (Wildman–Crippen LogP) is 5.65. The van der Waals surface area contributed by atoms with Crippen LogP contribution < -0.4 is 19.7 Å². The molecule has 0 radical (unpaired) electrons. The van der Waals surface area contributed by atoms with E-state index in [1.54, 1.807) is 14.2 Å². The van der Waals surface area contributed by atoms with Crippen LogP contribution in [0.1, 0.15) is 34.0 Å². The van der Waals surface area contributed by atoms with Gasteiger partial charge in [0.2, 0.25) is 11.9 Å². The topological polar surface area (TPSA) is 118 Å². The van der Waals surface area contributed by atoms with Gasteiger partial charge in [0, 0.05) is 67.3 Å². The molecule has 3 aliphatic heterocycles. The number of nitrogens with one attached hydrogen (secondary N) is 1. The van der Waals surface area contributed by atoms with E-state index in [-0.39, 0.29) is 5.91 Å². The zero-order valence-corrected chi connectivity index (χ0v) is 33.7. The van der Waals surface area contributed by atoms with Crippen LogP contribution >= 0.6 is 15.9 Å². The lowest BCUT2D eigenvalue weighted by atomic mass is 9.79. The van der Waals surface area contributed by atoms with Crippen molar-refractivity contribution in [2.45, 2.75) is 30.7 Å². The van der Waals surface area contributed by atoms with Gasteiger partial charge in [-0.25, -0.2) is 15.0 Å². The van der Waals surface area contributed by atoms with Gasteiger partial charge in [-0.15, -0.1) is 0 Å². The van der Waals surface area contributed by atoms with Crippen molar-refractivity contribution in [3.05, 3.63) is 118 Å². The number of hydrogen-bond acceptors (Lipinski definition) is 11. The minimum Gasteiger partial charge on any atom is -0.497 e. The minimum atomic E-state index is -0.742. The number of anilines is 2. The molecule has 290 valence electrons. The Morgan fingerprint density at radius 1 is 0.857 bits per heavy atom. The number of piperazine rings is 1. The number of morpholine rings is 1. The monoisotopic (exact) mass is 818 g/mol. The number of fused-ring (bicyclic) bond motifs is 1. The standard InChI is InChI=1S/C43H47BrN8O4/c1-50-18-19-52(43(28-50,24-29-4-12-34(54-2)13-5-29)25-30-6-14-35(55-3)15-7-30)41(53)37(31-8-10-33(44)11-9-31)40-46-26-32(27-47-40)38-36-16-17-45-39(36)49-42(48-38)51-20-22-56-23-21-51/h4-15,26-27,37H,16-25,28H2,1-3H3,(H,45,48,49). The van der Waals surface area contributed by atoms with Crippen LogP contribution in [-0.4, -0.2) is 115 Å². The molecule has 12 nitrogen and oxygen atoms in total. The Morgan fingerprint density at radius 2 is 1.48 bits per heavy atom. The molecule has 13 heteroatoms. The number of likely N-dealkylation sites (N-methyl/N-ethyl adjacent to an activating group) is 1. The highest BCUT2D eigenvalue weighted by atomic mass is 79.9. The first-order valence-electron chi connectivity index (χ1n) is 19.1. The highest BCUT2D eigenvalue weighted by Crippen LogP contribution is 2.37. The van der Waals surface area contributed by atoms with Crippen LogP contribution in [0.5, 0.6) is 11.5 Å². The summed E-state index contributed by atoms with van der Waals surface area (Å²) in [5.74, 6) is 2.78. The van der Waals surface area contributed by atoms with Gasteiger partial charge < -0.3 is 34.2 Å². The van der Waals surface area contributed by atoms with Crippen molar-refractivity contribution in [3.63, 3.8) is 0 Å². The number of aromatic nitrogens is 4. The Kier molecular flexibility index (Phi) is 11.2. The average molecular weight is 820 g/mol. The maximum atomic E-state index is 15.5. The summed E-state index contributed by atoms with van der Waals surface area (Å²) in [4.78, 5) is 42.0. The van der Waals surface area contributed by atoms with Crippen molar-refractivity contribution in [1.29, 1.82) is 0 Å². The van der Waals surface area contributed by atoms with Gasteiger partial charge in [-0.3, -0.25) is 4.79 Å². The zero-order chi connectivity index (χ0) is 38.6. The molecule has 0 saturated carbocycles. The average Bonchev–Trinajstić information content (AvgIpc) is 3.72. The second kappa shape index (κ2) is 16.5. The van der Waals surface area contributed by atoms with Gasteiger partial charge in [0.05, 0.1) is 38.7 Å². The lowest BCUT2D eigenvalue weighted by molar-refractivity contribution is -0.143. The zero-order valence-electron chi connectivity index (χ0n) is 32.1. The third kappa shape index (κ3) is 7.93. The highest BCUT2D eigenvalue weighted by Gasteiger charge is 2.46. The van der Waals surface area contributed by atoms with E-state index in [0.29, 0.717) is 50.9 Å². The van der Waals surface area contributed by atoms with E-state index in [2.05, 4.69) is 67.3 Å². The number of hydrogen-bond donors (Lipinski definition) is 1. The molecule has 1 unspecified atom stereocenters. The molecule has 0 aliphatic carbocycles. The second-order valence-electron chi connectivity index (χ2n) is 14.8. The number of carbonyl (C=O) groups is 1. The second-order valence-corrected chi connectivity index (χ2v) is 15.7. The fourth-order valence-electron chi connectivity index (χ4n) is 8.26. The van der Waals surface area contributed by atoms with Crippen LogP contribution in [-0.2, 0) is 28.8 Å². The van der Waals surface area contributed by atoms with Crippen molar-refractivity contribution in [3.8, 4) is 22.8 Å². The molecule has 2 fully saturated rings. The smallest absolute Gasteiger partial charge is 0.238 e. The molecule has 3 aliphatic rings. The molecule has 2 aromatic heterocycles. The summed E-state index contributed by atoms with van der Waals surface area (Å²) < 4.78 is 17.5. The molecule has 1 amide bonds. The fraction of sp³-hybridized carbons (Fsp3) is 0.372. The van der Waals surface area contributed by atoms with Gasteiger partial charge in [-0.1, -0.05) is 52.3 Å². The molecule has 0 spiro atoms. The highest BCUT2D eigenvalue weighted by molar-refractivity contribution is 9.10. The maximum Gasteiger partial charge on any atom is 0.238 e. The van der Waals surface area contributed by atoms with E-state index >= 15 is 4.79 Å². The summed E-state index contributed by atoms with van der Waals surface area (Å²) >= 11 is 3.60. The molecular weight excluding hydrogens is 772 g/mol. The molecule has 5 heterocycles. The van der Waals surface area contributed by atoms with Crippen molar-refractivity contribution in [1.82, 2.24) is 29.7 Å². The summed E-state index contributed by atoms with van der Waals surface area (Å²) in [5.41, 5.74) is 5.14. The molecule has 2 saturated heterocycles. The quantitative estimate of drug-likeness (QED) is 0.178. The summed E-state index contributed by atoms with van der Waals surface area (Å²) in [6.07, 6.45) is 5.73. The predicted molar refractivity (Wildman–Crippen MR) is 220 cm³/mol. The van der Waals surface area contributed by atoms with Gasteiger partial charge in [-0.05, 0) is 79.4 Å². The number of rotatable bonds is 11. The van der Waals surface area contributed by atoms with Gasteiger partial charge in [0.25, 0.3) is 0 Å². The first kappa shape index (κ1) is 37.8. The molecular formula is C43H47BrN8O4. The largest absolute Gasteiger partial charge is 0.497 e. The van der Waals surface area contributed by atoms with E-state index in [1.165, 1.54) is 0 Å². The Labute approximate surface area is 336 Å². The van der Waals surface area contributed by atoms with E-state index in [0.717, 1.165) is 87.9 Å². The van der Waals surface area contributed by atoms with Gasteiger partial charge in [0.15, 0.2) is 0 Å². The molecule has 8 rings (SSSR count). The molecule has 3 aromatic carbocycles. The van der Waals surface area contributed by atoms with Gasteiger partial charge in [-0.2, -0.15) is 4.98 Å². The number of halogens is 1. The van der Waals surface area contributed by atoms with E-state index < -0.39 is 11.5 Å². The molecule has 56 heavy (non-hydrogen) atoms. The van der Waals surface area contributed by atoms with Crippen LogP contribution in [0.3, 0.4) is 0 Å². The van der Waals surface area contributed by atoms with Crippen molar-refractivity contribution in [2.75, 3.05) is 84.0 Å². The first-order chi connectivity index (χ1) is 27.3. The Bertz CT molecular complexity index is 2080. The Balaban J connectivity index is 1.19. The number of nitrogens with zero attached hydrogens (tertiary/aromatic N) is 7. The Morgan fingerprint density at radius 3 is 2.09 bits per heavy atom. The van der Waals surface area contributed by atoms with E-state index in [4.69, 9.17) is 34.1 Å². The SMILES string of the molecule is COc1ccc(CC2(Cc3ccc(OC)cc3)CN(C)CCN2C(=O)C(c2ccc(Br)cc2)c2ncc(-c3nc(N4CCOCC4)nc4c3CCN4)cn2)cc1. The van der Waals surface area contributed by atoms with Gasteiger partial charge in [0.1, 0.15) is 29.1 Å². The lowest BCUT2D eigenvalue weighted by Gasteiger charge is -2.51. The fourth-order valence-corrected chi connectivity index (χ4v) is 8.52. The third-order valence-electron chi connectivity index (χ3n) is 11.1. The number of methoxy groups -OCH3 is 2. The number of ether oxygens (including phenoxy) is 3. The number of carbonyl (C=O) groups excluding carboxylic acids is 1. The lowest BCUT2D eigenvalue weighted by Crippen LogP contribution is -2.66. The third-order valence-corrected chi connectivity index (χ3v) is 11.6. The summed E-state index contributed by atoms with van der Waals surface area (Å²) in [6, 6.07) is 24.3. The molecule has 1 atom stereocenters. The Hall–Kier alpha value is -5.11. The van der Waals surface area contributed by atoms with Gasteiger partial charge >= 0.3 is 0 Å². The molecule has 0 bridgehead atoms.